The molecule has 0 unspecified atom stereocenters. The third kappa shape index (κ3) is 4.57. The van der Waals surface area contributed by atoms with E-state index < -0.39 is 0 Å². The van der Waals surface area contributed by atoms with Gasteiger partial charge in [-0.2, -0.15) is 5.10 Å². The van der Waals surface area contributed by atoms with Crippen molar-refractivity contribution in [3.05, 3.63) is 78.2 Å². The summed E-state index contributed by atoms with van der Waals surface area (Å²) in [4.78, 5) is 33.7. The number of hydrogen-bond acceptors (Lipinski definition) is 5. The summed E-state index contributed by atoms with van der Waals surface area (Å²) in [6.45, 7) is 3.59. The van der Waals surface area contributed by atoms with Crippen molar-refractivity contribution in [1.82, 2.24) is 24.4 Å². The summed E-state index contributed by atoms with van der Waals surface area (Å²) in [6.07, 6.45) is -0.371. The van der Waals surface area contributed by atoms with Crippen LogP contribution >= 0.6 is 0 Å². The summed E-state index contributed by atoms with van der Waals surface area (Å²) >= 11 is 0. The van der Waals surface area contributed by atoms with Gasteiger partial charge in [-0.15, -0.1) is 0 Å². The third-order valence-corrected chi connectivity index (χ3v) is 5.95. The molecule has 0 bridgehead atoms. The average Bonchev–Trinajstić information content (AvgIpc) is 3.33. The minimum Gasteiger partial charge on any atom is -0.450 e. The number of benzene rings is 2. The average molecular weight is 474 g/mol. The fourth-order valence-electron chi connectivity index (χ4n) is 4.11. The van der Waals surface area contributed by atoms with Crippen molar-refractivity contribution < 1.29 is 18.7 Å². The molecule has 178 valence electrons. The van der Waals surface area contributed by atoms with Crippen LogP contribution in [0.1, 0.15) is 17.4 Å². The highest BCUT2D eigenvalue weighted by Crippen LogP contribution is 2.25. The molecule has 5 rings (SSSR count). The minimum absolute atomic E-state index is 0.216. The second-order valence-corrected chi connectivity index (χ2v) is 8.18. The SMILES string of the molecule is CCOC(=O)N1CCN(C(=O)c2cc(-c3ccc(F)cc3)nc3cc(-c4ccccc4)nn23)CC1. The van der Waals surface area contributed by atoms with Gasteiger partial charge in [0, 0.05) is 43.4 Å². The molecule has 0 aliphatic carbocycles. The molecule has 0 radical (unpaired) electrons. The first kappa shape index (κ1) is 22.5. The molecule has 0 N–H and O–H groups in total. The summed E-state index contributed by atoms with van der Waals surface area (Å²) < 4.78 is 20.1. The normalized spacial score (nSPS) is 13.8. The molecule has 2 amide bonds. The van der Waals surface area contributed by atoms with E-state index in [2.05, 4.69) is 5.10 Å². The quantitative estimate of drug-likeness (QED) is 0.446. The highest BCUT2D eigenvalue weighted by atomic mass is 19.1. The summed E-state index contributed by atoms with van der Waals surface area (Å²) in [5.41, 5.74) is 3.70. The van der Waals surface area contributed by atoms with Crippen LogP contribution in [0.5, 0.6) is 0 Å². The van der Waals surface area contributed by atoms with Crippen molar-refractivity contribution in [2.24, 2.45) is 0 Å². The molecular formula is C26H24FN5O3. The number of halogens is 1. The van der Waals surface area contributed by atoms with Gasteiger partial charge in [0.2, 0.25) is 0 Å². The van der Waals surface area contributed by atoms with E-state index in [1.54, 1.807) is 39.4 Å². The zero-order chi connectivity index (χ0) is 24.4. The number of piperazine rings is 1. The fourth-order valence-corrected chi connectivity index (χ4v) is 4.11. The largest absolute Gasteiger partial charge is 0.450 e. The molecule has 4 aromatic rings. The van der Waals surface area contributed by atoms with Crippen molar-refractivity contribution >= 4 is 17.6 Å². The maximum Gasteiger partial charge on any atom is 0.409 e. The first-order valence-electron chi connectivity index (χ1n) is 11.5. The van der Waals surface area contributed by atoms with Crippen molar-refractivity contribution in [3.63, 3.8) is 0 Å². The number of carbonyl (C=O) groups excluding carboxylic acids is 2. The van der Waals surface area contributed by atoms with Crippen LogP contribution in [0.2, 0.25) is 0 Å². The molecule has 1 aliphatic rings. The van der Waals surface area contributed by atoms with Crippen molar-refractivity contribution in [3.8, 4) is 22.5 Å². The highest BCUT2D eigenvalue weighted by Gasteiger charge is 2.28. The second kappa shape index (κ2) is 9.54. The molecule has 0 saturated carbocycles. The van der Waals surface area contributed by atoms with Gasteiger partial charge in [-0.3, -0.25) is 4.79 Å². The van der Waals surface area contributed by atoms with Crippen LogP contribution in [0.3, 0.4) is 0 Å². The molecule has 9 heteroatoms. The standard InChI is InChI=1S/C26H24FN5O3/c1-2-35-26(34)31-14-12-30(13-15-31)25(33)23-16-21(19-8-10-20(27)11-9-19)28-24-17-22(29-32(23)24)18-6-4-3-5-7-18/h3-11,16-17H,2,12-15H2,1H3. The van der Waals surface area contributed by atoms with E-state index in [1.807, 2.05) is 36.4 Å². The topological polar surface area (TPSA) is 80.0 Å². The second-order valence-electron chi connectivity index (χ2n) is 8.18. The molecule has 8 nitrogen and oxygen atoms in total. The van der Waals surface area contributed by atoms with Gasteiger partial charge in [-0.05, 0) is 37.3 Å². The molecule has 1 saturated heterocycles. The number of amides is 2. The van der Waals surface area contributed by atoms with Crippen LogP contribution < -0.4 is 0 Å². The molecule has 2 aromatic carbocycles. The number of fused-ring (bicyclic) bond motifs is 1. The molecule has 0 spiro atoms. The molecule has 35 heavy (non-hydrogen) atoms. The Morgan fingerprint density at radius 3 is 2.23 bits per heavy atom. The zero-order valence-corrected chi connectivity index (χ0v) is 19.2. The first-order valence-corrected chi connectivity index (χ1v) is 11.5. The monoisotopic (exact) mass is 473 g/mol. The van der Waals surface area contributed by atoms with E-state index in [1.165, 1.54) is 12.1 Å². The van der Waals surface area contributed by atoms with Gasteiger partial charge in [0.15, 0.2) is 5.65 Å². The summed E-state index contributed by atoms with van der Waals surface area (Å²) in [5.74, 6) is -0.562. The molecular weight excluding hydrogens is 449 g/mol. The maximum atomic E-state index is 13.6. The Morgan fingerprint density at radius 2 is 1.54 bits per heavy atom. The fraction of sp³-hybridized carbons (Fsp3) is 0.231. The predicted molar refractivity (Wildman–Crippen MR) is 128 cm³/mol. The third-order valence-electron chi connectivity index (χ3n) is 5.95. The Labute approximate surface area is 201 Å². The zero-order valence-electron chi connectivity index (χ0n) is 19.2. The van der Waals surface area contributed by atoms with Crippen molar-refractivity contribution in [1.29, 1.82) is 0 Å². The number of nitrogens with zero attached hydrogens (tertiary/aromatic N) is 5. The van der Waals surface area contributed by atoms with Gasteiger partial charge >= 0.3 is 6.09 Å². The van der Waals surface area contributed by atoms with E-state index in [0.717, 1.165) is 5.56 Å². The van der Waals surface area contributed by atoms with Crippen LogP contribution in [0, 0.1) is 5.82 Å². The minimum atomic E-state index is -0.371. The van der Waals surface area contributed by atoms with Gasteiger partial charge < -0.3 is 14.5 Å². The number of ether oxygens (including phenoxy) is 1. The molecule has 2 aromatic heterocycles. The molecule has 1 fully saturated rings. The number of hydrogen-bond donors (Lipinski definition) is 0. The van der Waals surface area contributed by atoms with Crippen molar-refractivity contribution in [2.45, 2.75) is 6.92 Å². The number of carbonyl (C=O) groups is 2. The van der Waals surface area contributed by atoms with E-state index in [4.69, 9.17) is 9.72 Å². The Hall–Kier alpha value is -4.27. The van der Waals surface area contributed by atoms with Crippen LogP contribution in [-0.2, 0) is 4.74 Å². The summed E-state index contributed by atoms with van der Waals surface area (Å²) in [7, 11) is 0. The number of aromatic nitrogens is 3. The van der Waals surface area contributed by atoms with Crippen LogP contribution in [0.25, 0.3) is 28.2 Å². The lowest BCUT2D eigenvalue weighted by Crippen LogP contribution is -2.51. The van der Waals surface area contributed by atoms with Gasteiger partial charge in [0.25, 0.3) is 5.91 Å². The predicted octanol–water partition coefficient (Wildman–Crippen LogP) is 4.12. The smallest absolute Gasteiger partial charge is 0.409 e. The lowest BCUT2D eigenvalue weighted by molar-refractivity contribution is 0.0563. The van der Waals surface area contributed by atoms with Crippen LogP contribution in [0.4, 0.5) is 9.18 Å². The lowest BCUT2D eigenvalue weighted by atomic mass is 10.1. The maximum absolute atomic E-state index is 13.6. The van der Waals surface area contributed by atoms with E-state index in [9.17, 15) is 14.0 Å². The van der Waals surface area contributed by atoms with Gasteiger partial charge in [-0.25, -0.2) is 18.7 Å². The van der Waals surface area contributed by atoms with Crippen LogP contribution in [0.15, 0.2) is 66.7 Å². The lowest BCUT2D eigenvalue weighted by Gasteiger charge is -2.34. The Kier molecular flexibility index (Phi) is 6.13. The van der Waals surface area contributed by atoms with Crippen LogP contribution in [-0.4, -0.2) is 69.2 Å². The van der Waals surface area contributed by atoms with Crippen molar-refractivity contribution in [2.75, 3.05) is 32.8 Å². The Morgan fingerprint density at radius 1 is 0.886 bits per heavy atom. The van der Waals surface area contributed by atoms with Gasteiger partial charge in [0.05, 0.1) is 18.0 Å². The molecule has 0 atom stereocenters. The molecule has 1 aliphatic heterocycles. The summed E-state index contributed by atoms with van der Waals surface area (Å²) in [6, 6.07) is 19.2. The Bertz CT molecular complexity index is 1360. The Balaban J connectivity index is 1.52. The van der Waals surface area contributed by atoms with Gasteiger partial charge in [0.1, 0.15) is 11.5 Å². The van der Waals surface area contributed by atoms with E-state index in [0.29, 0.717) is 61.1 Å². The van der Waals surface area contributed by atoms with Gasteiger partial charge in [-0.1, -0.05) is 30.3 Å². The highest BCUT2D eigenvalue weighted by molar-refractivity contribution is 5.94. The van der Waals surface area contributed by atoms with E-state index in [-0.39, 0.29) is 17.8 Å². The first-order chi connectivity index (χ1) is 17.0. The summed E-state index contributed by atoms with van der Waals surface area (Å²) in [5, 5.41) is 4.68. The van der Waals surface area contributed by atoms with E-state index >= 15 is 0 Å². The molecule has 3 heterocycles. The number of rotatable bonds is 4.